The number of hydrogen-bond acceptors (Lipinski definition) is 1. The Morgan fingerprint density at radius 3 is 2.55 bits per heavy atom. The highest BCUT2D eigenvalue weighted by molar-refractivity contribution is 9.10. The topological polar surface area (TPSA) is 29.1 Å². The number of carbonyl (C=O) groups excluding carboxylic acids is 1. The van der Waals surface area contributed by atoms with Gasteiger partial charge in [0.05, 0.1) is 4.83 Å². The minimum Gasteiger partial charge on any atom is -0.352 e. The van der Waals surface area contributed by atoms with Crippen LogP contribution >= 0.6 is 15.9 Å². The molecule has 0 heterocycles. The van der Waals surface area contributed by atoms with E-state index in [1.54, 1.807) is 0 Å². The first-order chi connectivity index (χ1) is 5.20. The Hall–Kier alpha value is -0.0500. The van der Waals surface area contributed by atoms with Gasteiger partial charge in [0, 0.05) is 6.04 Å². The number of alkyl halides is 1. The lowest BCUT2D eigenvalue weighted by molar-refractivity contribution is -0.120. The molecule has 0 aromatic carbocycles. The fourth-order valence-electron chi connectivity index (χ4n) is 1.39. The molecule has 0 radical (unpaired) electrons. The average molecular weight is 220 g/mol. The fourth-order valence-corrected chi connectivity index (χ4v) is 1.52. The van der Waals surface area contributed by atoms with Crippen molar-refractivity contribution in [2.75, 3.05) is 0 Å². The largest absolute Gasteiger partial charge is 0.352 e. The van der Waals surface area contributed by atoms with Gasteiger partial charge >= 0.3 is 0 Å². The summed E-state index contributed by atoms with van der Waals surface area (Å²) >= 11 is 3.24. The molecule has 0 aromatic heterocycles. The molecule has 2 nitrogen and oxygen atoms in total. The highest BCUT2D eigenvalue weighted by atomic mass is 79.9. The fraction of sp³-hybridized carbons (Fsp3) is 0.875. The summed E-state index contributed by atoms with van der Waals surface area (Å²) in [5.41, 5.74) is 0. The number of halogens is 1. The molecule has 0 aliphatic heterocycles. The van der Waals surface area contributed by atoms with Crippen molar-refractivity contribution in [3.8, 4) is 0 Å². The molecule has 0 spiro atoms. The van der Waals surface area contributed by atoms with Crippen LogP contribution in [0.3, 0.4) is 0 Å². The van der Waals surface area contributed by atoms with Crippen molar-refractivity contribution in [1.29, 1.82) is 0 Å². The van der Waals surface area contributed by atoms with Crippen molar-refractivity contribution in [2.45, 2.75) is 43.5 Å². The van der Waals surface area contributed by atoms with Gasteiger partial charge in [0.15, 0.2) is 0 Å². The summed E-state index contributed by atoms with van der Waals surface area (Å²) in [5.74, 6) is 0.122. The predicted molar refractivity (Wildman–Crippen MR) is 48.8 cm³/mol. The summed E-state index contributed by atoms with van der Waals surface area (Å²) in [6.45, 7) is 1.85. The van der Waals surface area contributed by atoms with Gasteiger partial charge in [0.1, 0.15) is 0 Å². The molecule has 1 aliphatic rings. The minimum absolute atomic E-state index is 0.0527. The summed E-state index contributed by atoms with van der Waals surface area (Å²) in [6.07, 6.45) is 4.85. The van der Waals surface area contributed by atoms with Crippen LogP contribution in [0.15, 0.2) is 0 Å². The number of hydrogen-bond donors (Lipinski definition) is 1. The Morgan fingerprint density at radius 1 is 1.55 bits per heavy atom. The molecule has 0 bridgehead atoms. The van der Waals surface area contributed by atoms with Crippen molar-refractivity contribution >= 4 is 21.8 Å². The van der Waals surface area contributed by atoms with Crippen LogP contribution in [0.5, 0.6) is 0 Å². The van der Waals surface area contributed by atoms with E-state index >= 15 is 0 Å². The van der Waals surface area contributed by atoms with Gasteiger partial charge in [-0.1, -0.05) is 28.8 Å². The molecule has 1 saturated carbocycles. The highest BCUT2D eigenvalue weighted by Crippen LogP contribution is 2.17. The van der Waals surface area contributed by atoms with Gasteiger partial charge in [-0.15, -0.1) is 0 Å². The third-order valence-corrected chi connectivity index (χ3v) is 2.48. The molecular weight excluding hydrogens is 206 g/mol. The lowest BCUT2D eigenvalue weighted by Crippen LogP contribution is -2.36. The number of amides is 1. The molecule has 0 saturated heterocycles. The number of carbonyl (C=O) groups is 1. The molecule has 0 aromatic rings. The van der Waals surface area contributed by atoms with E-state index in [1.807, 2.05) is 6.92 Å². The van der Waals surface area contributed by atoms with E-state index in [1.165, 1.54) is 12.8 Å². The van der Waals surface area contributed by atoms with Gasteiger partial charge in [-0.2, -0.15) is 0 Å². The minimum atomic E-state index is -0.0527. The molecule has 1 N–H and O–H groups in total. The smallest absolute Gasteiger partial charge is 0.233 e. The first kappa shape index (κ1) is 9.04. The standard InChI is InChI=1S/C8H14BrNO/c1-6(9)8(11)10-7-4-2-3-5-7/h6-7H,2-5H2,1H3,(H,10,11)/t6-/m1/s1. The Labute approximate surface area is 75.9 Å². The van der Waals surface area contributed by atoms with Gasteiger partial charge in [-0.25, -0.2) is 0 Å². The van der Waals surface area contributed by atoms with Crippen LogP contribution in [-0.4, -0.2) is 16.8 Å². The Bertz CT molecular complexity index is 141. The maximum Gasteiger partial charge on any atom is 0.233 e. The molecule has 3 heteroatoms. The Kier molecular flexibility index (Phi) is 3.37. The second-order valence-electron chi connectivity index (χ2n) is 3.11. The van der Waals surface area contributed by atoms with Crippen LogP contribution in [0.25, 0.3) is 0 Å². The zero-order chi connectivity index (χ0) is 8.27. The van der Waals surface area contributed by atoms with Crippen LogP contribution in [-0.2, 0) is 4.79 Å². The molecular formula is C8H14BrNO. The van der Waals surface area contributed by atoms with Crippen LogP contribution < -0.4 is 5.32 Å². The van der Waals surface area contributed by atoms with Crippen molar-refractivity contribution in [3.63, 3.8) is 0 Å². The summed E-state index contributed by atoms with van der Waals surface area (Å²) in [5, 5.41) is 2.99. The average Bonchev–Trinajstić information content (AvgIpc) is 2.39. The van der Waals surface area contributed by atoms with Crippen molar-refractivity contribution < 1.29 is 4.79 Å². The monoisotopic (exact) mass is 219 g/mol. The van der Waals surface area contributed by atoms with Crippen molar-refractivity contribution in [2.24, 2.45) is 0 Å². The molecule has 1 fully saturated rings. The second kappa shape index (κ2) is 4.10. The lowest BCUT2D eigenvalue weighted by atomic mass is 10.2. The van der Waals surface area contributed by atoms with Gasteiger partial charge in [0.25, 0.3) is 0 Å². The van der Waals surface area contributed by atoms with Crippen LogP contribution in [0.2, 0.25) is 0 Å². The summed E-state index contributed by atoms with van der Waals surface area (Å²) in [7, 11) is 0. The quantitative estimate of drug-likeness (QED) is 0.706. The molecule has 1 aliphatic carbocycles. The van der Waals surface area contributed by atoms with E-state index in [0.29, 0.717) is 6.04 Å². The summed E-state index contributed by atoms with van der Waals surface area (Å²) < 4.78 is 0. The van der Waals surface area contributed by atoms with Crippen LogP contribution in [0, 0.1) is 0 Å². The van der Waals surface area contributed by atoms with Gasteiger partial charge < -0.3 is 5.32 Å². The molecule has 64 valence electrons. The first-order valence-corrected chi connectivity index (χ1v) is 5.06. The molecule has 1 rings (SSSR count). The van der Waals surface area contributed by atoms with E-state index in [2.05, 4.69) is 21.2 Å². The molecule has 0 unspecified atom stereocenters. The predicted octanol–water partition coefficient (Wildman–Crippen LogP) is 1.83. The Morgan fingerprint density at radius 2 is 2.09 bits per heavy atom. The van der Waals surface area contributed by atoms with E-state index in [0.717, 1.165) is 12.8 Å². The maximum absolute atomic E-state index is 11.1. The zero-order valence-corrected chi connectivity index (χ0v) is 8.36. The Balaban J connectivity index is 2.24. The SMILES string of the molecule is C[C@@H](Br)C(=O)NC1CCCC1. The van der Waals surface area contributed by atoms with E-state index < -0.39 is 0 Å². The van der Waals surface area contributed by atoms with Crippen molar-refractivity contribution in [3.05, 3.63) is 0 Å². The van der Waals surface area contributed by atoms with Gasteiger partial charge in [-0.05, 0) is 19.8 Å². The second-order valence-corrected chi connectivity index (χ2v) is 4.48. The maximum atomic E-state index is 11.1. The van der Waals surface area contributed by atoms with Gasteiger partial charge in [0.2, 0.25) is 5.91 Å². The van der Waals surface area contributed by atoms with Crippen molar-refractivity contribution in [1.82, 2.24) is 5.32 Å². The number of rotatable bonds is 2. The summed E-state index contributed by atoms with van der Waals surface area (Å²) in [6, 6.07) is 0.447. The van der Waals surface area contributed by atoms with Crippen LogP contribution in [0.1, 0.15) is 32.6 Å². The number of nitrogens with one attached hydrogen (secondary N) is 1. The third-order valence-electron chi connectivity index (χ3n) is 2.06. The first-order valence-electron chi connectivity index (χ1n) is 4.14. The molecule has 11 heavy (non-hydrogen) atoms. The van der Waals surface area contributed by atoms with E-state index in [-0.39, 0.29) is 10.7 Å². The molecule has 1 amide bonds. The van der Waals surface area contributed by atoms with E-state index in [4.69, 9.17) is 0 Å². The third kappa shape index (κ3) is 2.81. The normalized spacial score (nSPS) is 21.6. The lowest BCUT2D eigenvalue weighted by Gasteiger charge is -2.12. The summed E-state index contributed by atoms with van der Waals surface area (Å²) in [4.78, 5) is 11.1. The molecule has 1 atom stereocenters. The highest BCUT2D eigenvalue weighted by Gasteiger charge is 2.18. The van der Waals surface area contributed by atoms with E-state index in [9.17, 15) is 4.79 Å². The van der Waals surface area contributed by atoms with Gasteiger partial charge in [-0.3, -0.25) is 4.79 Å². The zero-order valence-electron chi connectivity index (χ0n) is 6.77. The van der Waals surface area contributed by atoms with Crippen LogP contribution in [0.4, 0.5) is 0 Å².